The van der Waals surface area contributed by atoms with Crippen molar-refractivity contribution in [1.29, 1.82) is 0 Å². The van der Waals surface area contributed by atoms with Gasteiger partial charge in [-0.3, -0.25) is 9.59 Å². The molecule has 0 atom stereocenters. The van der Waals surface area contributed by atoms with Crippen LogP contribution in [0.1, 0.15) is 44.9 Å². The molecule has 2 amide bonds. The Balaban J connectivity index is 1.93. The first-order valence-corrected chi connectivity index (χ1v) is 7.80. The average Bonchev–Trinajstić information content (AvgIpc) is 3.38. The van der Waals surface area contributed by atoms with Crippen LogP contribution in [0.25, 0.3) is 0 Å². The first kappa shape index (κ1) is 16.0. The van der Waals surface area contributed by atoms with Gasteiger partial charge in [0.25, 0.3) is 5.91 Å². The molecule has 2 aromatic rings. The number of rotatable bonds is 5. The van der Waals surface area contributed by atoms with E-state index in [2.05, 4.69) is 4.98 Å². The Labute approximate surface area is 139 Å². The maximum atomic E-state index is 12.5. The maximum absolute atomic E-state index is 12.5. The van der Waals surface area contributed by atoms with E-state index in [0.29, 0.717) is 12.1 Å². The Morgan fingerprint density at radius 1 is 1.29 bits per heavy atom. The highest BCUT2D eigenvalue weighted by molar-refractivity contribution is 5.98. The van der Waals surface area contributed by atoms with Crippen LogP contribution in [0.4, 0.5) is 0 Å². The molecule has 6 nitrogen and oxygen atoms in total. The van der Waals surface area contributed by atoms with Crippen LogP contribution in [0.3, 0.4) is 0 Å². The molecule has 0 spiro atoms. The van der Waals surface area contributed by atoms with Gasteiger partial charge in [-0.15, -0.1) is 0 Å². The minimum Gasteiger partial charge on any atom is -0.508 e. The number of hydrogen-bond donors (Lipinski definition) is 2. The van der Waals surface area contributed by atoms with Crippen LogP contribution in [0.15, 0.2) is 36.4 Å². The summed E-state index contributed by atoms with van der Waals surface area (Å²) in [6.45, 7) is 0. The Morgan fingerprint density at radius 2 is 2.04 bits per heavy atom. The SMILES string of the molecule is CN(C(=O)c1cc(C(N)=O)cc(Cc2cccc(O)c2)n1)C1CC1. The molecule has 0 radical (unpaired) electrons. The lowest BCUT2D eigenvalue weighted by Gasteiger charge is -2.16. The lowest BCUT2D eigenvalue weighted by Crippen LogP contribution is -2.30. The number of phenolic OH excluding ortho intramolecular Hbond substituents is 1. The van der Waals surface area contributed by atoms with Gasteiger partial charge in [-0.05, 0) is 42.7 Å². The molecule has 6 heteroatoms. The number of nitrogens with two attached hydrogens (primary N) is 1. The standard InChI is InChI=1S/C18H19N3O3/c1-21(14-5-6-14)18(24)16-10-12(17(19)23)9-13(20-16)7-11-3-2-4-15(22)8-11/h2-4,8-10,14,22H,5-7H2,1H3,(H2,19,23). The largest absolute Gasteiger partial charge is 0.508 e. The average molecular weight is 325 g/mol. The van der Waals surface area contributed by atoms with Crippen LogP contribution < -0.4 is 5.73 Å². The highest BCUT2D eigenvalue weighted by atomic mass is 16.3. The topological polar surface area (TPSA) is 96.5 Å². The Morgan fingerprint density at radius 3 is 2.67 bits per heavy atom. The van der Waals surface area contributed by atoms with Gasteiger partial charge in [0.15, 0.2) is 0 Å². The van der Waals surface area contributed by atoms with E-state index in [1.54, 1.807) is 36.2 Å². The Kier molecular flexibility index (Phi) is 4.20. The van der Waals surface area contributed by atoms with Crippen molar-refractivity contribution >= 4 is 11.8 Å². The zero-order chi connectivity index (χ0) is 17.3. The monoisotopic (exact) mass is 325 g/mol. The molecule has 24 heavy (non-hydrogen) atoms. The molecule has 1 aromatic heterocycles. The number of nitrogens with zero attached hydrogens (tertiary/aromatic N) is 2. The molecule has 1 aromatic carbocycles. The first-order chi connectivity index (χ1) is 11.4. The van der Waals surface area contributed by atoms with Crippen molar-refractivity contribution < 1.29 is 14.7 Å². The van der Waals surface area contributed by atoms with Crippen molar-refractivity contribution in [2.45, 2.75) is 25.3 Å². The molecule has 124 valence electrons. The summed E-state index contributed by atoms with van der Waals surface area (Å²) in [5, 5.41) is 9.56. The molecule has 1 saturated carbocycles. The lowest BCUT2D eigenvalue weighted by atomic mass is 10.1. The van der Waals surface area contributed by atoms with Crippen LogP contribution in [-0.4, -0.2) is 39.9 Å². The molecule has 1 aliphatic rings. The van der Waals surface area contributed by atoms with E-state index in [9.17, 15) is 14.7 Å². The fraction of sp³-hybridized carbons (Fsp3) is 0.278. The zero-order valence-corrected chi connectivity index (χ0v) is 13.4. The fourth-order valence-corrected chi connectivity index (χ4v) is 2.61. The normalized spacial score (nSPS) is 13.5. The van der Waals surface area contributed by atoms with E-state index in [4.69, 9.17) is 5.73 Å². The molecule has 0 unspecified atom stereocenters. The molecule has 1 aliphatic carbocycles. The number of benzene rings is 1. The molecule has 0 bridgehead atoms. The first-order valence-electron chi connectivity index (χ1n) is 7.80. The number of carbonyl (C=O) groups excluding carboxylic acids is 2. The van der Waals surface area contributed by atoms with Gasteiger partial charge in [0, 0.05) is 30.8 Å². The van der Waals surface area contributed by atoms with Gasteiger partial charge in [-0.1, -0.05) is 12.1 Å². The second kappa shape index (κ2) is 6.31. The molecule has 3 rings (SSSR count). The van der Waals surface area contributed by atoms with Crippen LogP contribution in [0, 0.1) is 0 Å². The third-order valence-electron chi connectivity index (χ3n) is 4.09. The Bertz CT molecular complexity index is 800. The summed E-state index contributed by atoms with van der Waals surface area (Å²) in [6, 6.07) is 10.1. The lowest BCUT2D eigenvalue weighted by molar-refractivity contribution is 0.0779. The molecule has 1 heterocycles. The zero-order valence-electron chi connectivity index (χ0n) is 13.4. The predicted molar refractivity (Wildman–Crippen MR) is 88.8 cm³/mol. The number of primary amides is 1. The molecule has 0 saturated heterocycles. The fourth-order valence-electron chi connectivity index (χ4n) is 2.61. The number of hydrogen-bond acceptors (Lipinski definition) is 4. The van der Waals surface area contributed by atoms with E-state index >= 15 is 0 Å². The number of amides is 2. The van der Waals surface area contributed by atoms with Crippen LogP contribution >= 0.6 is 0 Å². The van der Waals surface area contributed by atoms with Gasteiger partial charge < -0.3 is 15.7 Å². The quantitative estimate of drug-likeness (QED) is 0.874. The molecular formula is C18H19N3O3. The minimum atomic E-state index is -0.599. The number of pyridine rings is 1. The third kappa shape index (κ3) is 3.53. The van der Waals surface area contributed by atoms with Gasteiger partial charge in [0.1, 0.15) is 11.4 Å². The second-order valence-electron chi connectivity index (χ2n) is 6.09. The number of phenols is 1. The van der Waals surface area contributed by atoms with E-state index in [-0.39, 0.29) is 29.0 Å². The smallest absolute Gasteiger partial charge is 0.272 e. The van der Waals surface area contributed by atoms with E-state index in [1.807, 2.05) is 6.07 Å². The van der Waals surface area contributed by atoms with Gasteiger partial charge in [0.05, 0.1) is 0 Å². The number of aromatic nitrogens is 1. The van der Waals surface area contributed by atoms with E-state index < -0.39 is 5.91 Å². The van der Waals surface area contributed by atoms with Gasteiger partial charge in [-0.25, -0.2) is 4.98 Å². The molecule has 0 aliphatic heterocycles. The highest BCUT2D eigenvalue weighted by Gasteiger charge is 2.31. The van der Waals surface area contributed by atoms with Crippen LogP contribution in [0.2, 0.25) is 0 Å². The number of aromatic hydroxyl groups is 1. The van der Waals surface area contributed by atoms with Crippen molar-refractivity contribution in [2.24, 2.45) is 5.73 Å². The van der Waals surface area contributed by atoms with Crippen LogP contribution in [0.5, 0.6) is 5.75 Å². The highest BCUT2D eigenvalue weighted by Crippen LogP contribution is 2.26. The summed E-state index contributed by atoms with van der Waals surface area (Å²) in [7, 11) is 1.74. The summed E-state index contributed by atoms with van der Waals surface area (Å²) >= 11 is 0. The van der Waals surface area contributed by atoms with E-state index in [1.165, 1.54) is 6.07 Å². The van der Waals surface area contributed by atoms with Gasteiger partial charge in [-0.2, -0.15) is 0 Å². The Hall–Kier alpha value is -2.89. The van der Waals surface area contributed by atoms with Crippen LogP contribution in [-0.2, 0) is 6.42 Å². The minimum absolute atomic E-state index is 0.156. The van der Waals surface area contributed by atoms with Crippen molar-refractivity contribution in [3.05, 3.63) is 58.9 Å². The van der Waals surface area contributed by atoms with E-state index in [0.717, 1.165) is 18.4 Å². The predicted octanol–water partition coefficient (Wildman–Crippen LogP) is 1.71. The second-order valence-corrected chi connectivity index (χ2v) is 6.09. The summed E-state index contributed by atoms with van der Waals surface area (Å²) in [5.41, 5.74) is 7.25. The maximum Gasteiger partial charge on any atom is 0.272 e. The summed E-state index contributed by atoms with van der Waals surface area (Å²) < 4.78 is 0. The summed E-state index contributed by atoms with van der Waals surface area (Å²) in [6.07, 6.45) is 2.38. The summed E-state index contributed by atoms with van der Waals surface area (Å²) in [4.78, 5) is 30.2. The van der Waals surface area contributed by atoms with Crippen molar-refractivity contribution in [1.82, 2.24) is 9.88 Å². The van der Waals surface area contributed by atoms with Crippen molar-refractivity contribution in [3.63, 3.8) is 0 Å². The molecular weight excluding hydrogens is 306 g/mol. The van der Waals surface area contributed by atoms with Crippen molar-refractivity contribution in [2.75, 3.05) is 7.05 Å². The van der Waals surface area contributed by atoms with Gasteiger partial charge >= 0.3 is 0 Å². The summed E-state index contributed by atoms with van der Waals surface area (Å²) in [5.74, 6) is -0.654. The molecule has 1 fully saturated rings. The molecule has 3 N–H and O–H groups in total. The van der Waals surface area contributed by atoms with Gasteiger partial charge in [0.2, 0.25) is 5.91 Å². The third-order valence-corrected chi connectivity index (χ3v) is 4.09. The van der Waals surface area contributed by atoms with Crippen molar-refractivity contribution in [3.8, 4) is 5.75 Å². The number of carbonyl (C=O) groups is 2.